The molecule has 0 saturated carbocycles. The number of hydrogen-bond donors (Lipinski definition) is 3. The molecule has 3 aromatic carbocycles. The van der Waals surface area contributed by atoms with Crippen molar-refractivity contribution in [3.8, 4) is 0 Å². The summed E-state index contributed by atoms with van der Waals surface area (Å²) in [7, 11) is 4.27. The minimum atomic E-state index is -0.448. The molecule has 0 aliphatic carbocycles. The summed E-state index contributed by atoms with van der Waals surface area (Å²) in [4.78, 5) is 27.1. The Morgan fingerprint density at radius 1 is 1.14 bits per heavy atom. The van der Waals surface area contributed by atoms with Gasteiger partial charge in [-0.3, -0.25) is 0 Å². The molecule has 2 amide bonds. The Morgan fingerprint density at radius 3 is 2.54 bits per heavy atom. The molecular formula is C30H30BN3O3. The van der Waals surface area contributed by atoms with Gasteiger partial charge in [0.05, 0.1) is 6.10 Å². The molecule has 2 aliphatic rings. The summed E-state index contributed by atoms with van der Waals surface area (Å²) in [5.74, 6) is -0.246. The van der Waals surface area contributed by atoms with Gasteiger partial charge >= 0.3 is 187 Å². The number of aliphatic hydroxyl groups excluding tert-OH is 1. The molecule has 3 N–H and O–H groups in total. The van der Waals surface area contributed by atoms with Crippen molar-refractivity contribution in [3.63, 3.8) is 0 Å². The first kappa shape index (κ1) is 24.7. The first-order valence-corrected chi connectivity index (χ1v) is 12.7. The molecule has 1 fully saturated rings. The molecule has 37 heavy (non-hydrogen) atoms. The third kappa shape index (κ3) is 5.27. The molecule has 1 saturated heterocycles. The van der Waals surface area contributed by atoms with Gasteiger partial charge in [-0.2, -0.15) is 0 Å². The monoisotopic (exact) mass is 491 g/mol. The van der Waals surface area contributed by atoms with E-state index < -0.39 is 6.10 Å². The summed E-state index contributed by atoms with van der Waals surface area (Å²) in [5.41, 5.74) is 6.48. The van der Waals surface area contributed by atoms with E-state index in [1.807, 2.05) is 54.6 Å². The summed E-state index contributed by atoms with van der Waals surface area (Å²) >= 11 is 0. The van der Waals surface area contributed by atoms with Gasteiger partial charge in [0, 0.05) is 13.1 Å². The molecule has 2 atom stereocenters. The first-order valence-electron chi connectivity index (χ1n) is 12.7. The summed E-state index contributed by atoms with van der Waals surface area (Å²) in [6, 6.07) is 23.5. The molecule has 2 aliphatic heterocycles. The fraction of sp³-hybridized carbons (Fsp3) is 0.233. The molecule has 7 heteroatoms. The number of carbonyl (C=O) groups excluding carboxylic acids is 2. The van der Waals surface area contributed by atoms with Crippen LogP contribution in [0.5, 0.6) is 0 Å². The molecule has 0 bridgehead atoms. The summed E-state index contributed by atoms with van der Waals surface area (Å²) in [5, 5.41) is 16.2. The van der Waals surface area contributed by atoms with Crippen LogP contribution in [0.4, 0.5) is 5.69 Å². The van der Waals surface area contributed by atoms with Gasteiger partial charge in [0.15, 0.2) is 0 Å². The Bertz CT molecular complexity index is 1370. The number of anilines is 1. The van der Waals surface area contributed by atoms with Gasteiger partial charge in [0.25, 0.3) is 0 Å². The molecule has 5 rings (SSSR count). The van der Waals surface area contributed by atoms with E-state index in [0.29, 0.717) is 30.6 Å². The number of rotatable bonds is 7. The Balaban J connectivity index is 1.35. The van der Waals surface area contributed by atoms with Gasteiger partial charge in [0.2, 0.25) is 0 Å². The number of carbonyl (C=O) groups is 2. The maximum atomic E-state index is 12.8. The van der Waals surface area contributed by atoms with Crippen LogP contribution >= 0.6 is 0 Å². The van der Waals surface area contributed by atoms with E-state index in [1.165, 1.54) is 5.56 Å². The number of aliphatic hydroxyl groups is 1. The molecule has 0 radical (unpaired) electrons. The van der Waals surface area contributed by atoms with E-state index in [4.69, 9.17) is 0 Å². The molecular weight excluding hydrogens is 461 g/mol. The number of nitrogens with one attached hydrogen (secondary N) is 2. The van der Waals surface area contributed by atoms with Gasteiger partial charge in [-0.05, 0) is 6.42 Å². The molecule has 0 unspecified atom stereocenters. The van der Waals surface area contributed by atoms with Gasteiger partial charge in [-0.25, -0.2) is 0 Å². The van der Waals surface area contributed by atoms with Crippen molar-refractivity contribution in [2.75, 3.05) is 18.4 Å². The van der Waals surface area contributed by atoms with Crippen molar-refractivity contribution in [2.24, 2.45) is 0 Å². The van der Waals surface area contributed by atoms with Crippen molar-refractivity contribution in [3.05, 3.63) is 101 Å². The number of likely N-dealkylation sites (tertiary alicyclic amines) is 1. The minimum absolute atomic E-state index is 0.0868. The van der Waals surface area contributed by atoms with Crippen LogP contribution in [0.2, 0.25) is 0 Å². The number of benzene rings is 3. The average Bonchev–Trinajstić information content (AvgIpc) is 3.49. The van der Waals surface area contributed by atoms with Gasteiger partial charge < -0.3 is 5.11 Å². The second-order valence-electron chi connectivity index (χ2n) is 9.58. The fourth-order valence-corrected chi connectivity index (χ4v) is 4.92. The molecule has 6 nitrogen and oxygen atoms in total. The molecule has 186 valence electrons. The third-order valence-corrected chi connectivity index (χ3v) is 7.03. The van der Waals surface area contributed by atoms with Crippen LogP contribution in [0.25, 0.3) is 11.6 Å². The number of hydrogen-bond acceptors (Lipinski definition) is 4. The SMILES string of the molecule is B=C(N[C@@H](CC)c1ccccc1)c1ccc2c(c1)/C(=C/c1ccc(C(=O)N3CC[C@H](O)C3)cc1)C(=O)N2. The number of fused-ring (bicyclic) bond motifs is 1. The summed E-state index contributed by atoms with van der Waals surface area (Å²) in [6.07, 6.45) is 2.92. The average molecular weight is 491 g/mol. The van der Waals surface area contributed by atoms with Crippen LogP contribution in [0.1, 0.15) is 58.4 Å². The maximum absolute atomic E-state index is 12.8. The van der Waals surface area contributed by atoms with Crippen LogP contribution < -0.4 is 10.6 Å². The number of β-amino-alcohol motifs (C(OH)–C–C–N with tert-alkyl or cyclic N) is 1. The fourth-order valence-electron chi connectivity index (χ4n) is 4.92. The second kappa shape index (κ2) is 10.6. The van der Waals surface area contributed by atoms with Gasteiger partial charge in [-0.15, -0.1) is 0 Å². The van der Waals surface area contributed by atoms with Crippen molar-refractivity contribution in [1.82, 2.24) is 10.2 Å². The van der Waals surface area contributed by atoms with Gasteiger partial charge in [0.1, 0.15) is 0 Å². The zero-order chi connectivity index (χ0) is 25.9. The van der Waals surface area contributed by atoms with Crippen molar-refractivity contribution in [1.29, 1.82) is 0 Å². The predicted octanol–water partition coefficient (Wildman–Crippen LogP) is 3.51. The van der Waals surface area contributed by atoms with Gasteiger partial charge in [-0.1, -0.05) is 0 Å². The van der Waals surface area contributed by atoms with Crippen molar-refractivity contribution in [2.45, 2.75) is 31.9 Å². The Kier molecular flexibility index (Phi) is 7.06. The zero-order valence-electron chi connectivity index (χ0n) is 20.9. The van der Waals surface area contributed by atoms with E-state index in [0.717, 1.165) is 34.4 Å². The summed E-state index contributed by atoms with van der Waals surface area (Å²) < 4.78 is 0. The van der Waals surface area contributed by atoms with E-state index in [-0.39, 0.29) is 17.9 Å². The quantitative estimate of drug-likeness (QED) is 0.349. The van der Waals surface area contributed by atoms with Crippen molar-refractivity contribution >= 4 is 42.2 Å². The van der Waals surface area contributed by atoms with Crippen LogP contribution in [-0.2, 0) is 4.79 Å². The van der Waals surface area contributed by atoms with E-state index >= 15 is 0 Å². The Morgan fingerprint density at radius 2 is 1.86 bits per heavy atom. The predicted molar refractivity (Wildman–Crippen MR) is 150 cm³/mol. The Hall–Kier alpha value is -3.97. The first-order chi connectivity index (χ1) is 17.9. The third-order valence-electron chi connectivity index (χ3n) is 7.03. The van der Waals surface area contributed by atoms with Crippen molar-refractivity contribution < 1.29 is 14.7 Å². The molecule has 0 aromatic heterocycles. The molecule has 0 spiro atoms. The van der Waals surface area contributed by atoms with Crippen LogP contribution in [-0.4, -0.2) is 54.1 Å². The number of nitrogens with zero attached hydrogens (tertiary/aromatic N) is 1. The van der Waals surface area contributed by atoms with E-state index in [9.17, 15) is 14.7 Å². The topological polar surface area (TPSA) is 81.7 Å². The molecule has 3 aromatic rings. The normalized spacial score (nSPS) is 18.4. The van der Waals surface area contributed by atoms with Crippen LogP contribution in [0, 0.1) is 0 Å². The van der Waals surface area contributed by atoms with E-state index in [2.05, 4.69) is 37.2 Å². The molecule has 2 heterocycles. The number of amides is 2. The Labute approximate surface area is 218 Å². The second-order valence-corrected chi connectivity index (χ2v) is 9.58. The zero-order valence-corrected chi connectivity index (χ0v) is 20.9. The van der Waals surface area contributed by atoms with Crippen LogP contribution in [0.3, 0.4) is 0 Å². The summed E-state index contributed by atoms with van der Waals surface area (Å²) in [6.45, 7) is 3.07. The van der Waals surface area contributed by atoms with E-state index in [1.54, 1.807) is 17.0 Å². The standard InChI is InChI=1S/C30H30BN3O3/c1-2-26(20-6-4-3-5-7-20)32-28(31)22-12-13-27-24(17-22)25(29(36)33-27)16-19-8-10-21(11-9-19)30(37)34-15-14-23(35)18-34/h3-13,16-17,23,26,31-32,35H,2,14-15,18H2,1H3,(H,33,36)/b25-16-/t23-,26-/m0/s1. The van der Waals surface area contributed by atoms with Crippen LogP contribution in [0.15, 0.2) is 72.8 Å².